The van der Waals surface area contributed by atoms with Crippen LogP contribution in [-0.2, 0) is 0 Å². The van der Waals surface area contributed by atoms with Crippen LogP contribution in [0.4, 0.5) is 0 Å². The lowest BCUT2D eigenvalue weighted by atomic mass is 10.1. The van der Waals surface area contributed by atoms with Crippen LogP contribution in [0.15, 0.2) is 104 Å². The van der Waals surface area contributed by atoms with E-state index in [4.69, 9.17) is 0 Å². The van der Waals surface area contributed by atoms with Crippen LogP contribution >= 0.6 is 0 Å². The van der Waals surface area contributed by atoms with Gasteiger partial charge >= 0.3 is 0 Å². The van der Waals surface area contributed by atoms with Gasteiger partial charge in [0, 0.05) is 11.7 Å². The van der Waals surface area contributed by atoms with Crippen LogP contribution in [0.1, 0.15) is 69.8 Å². The summed E-state index contributed by atoms with van der Waals surface area (Å²) in [6, 6.07) is 17.2. The highest BCUT2D eigenvalue weighted by molar-refractivity contribution is 5.53. The summed E-state index contributed by atoms with van der Waals surface area (Å²) in [6.07, 6.45) is 9.84. The maximum absolute atomic E-state index is 4.08. The summed E-state index contributed by atoms with van der Waals surface area (Å²) in [5, 5.41) is 3.43. The SMILES string of the molecule is C/C=C\C.C=C(/C=C/c1cccc(C)c1)NC(C)c1cccc(C)c1.C=CC(=C)C.CC. The summed E-state index contributed by atoms with van der Waals surface area (Å²) in [5.41, 5.74) is 6.96. The zero-order valence-electron chi connectivity index (χ0n) is 21.7. The fourth-order valence-corrected chi connectivity index (χ4v) is 2.32. The standard InChI is InChI=1S/C20H23N.C5H8.C4H8.C2H6/c1-15-7-5-9-19(13-15)12-11-17(3)21-18(4)20-10-6-8-16(2)14-20;1-4-5(2)3;1-3-4-2;1-2/h5-14,18,21H,3H2,1-2,4H3;4H,1-2H2,3H3;3-4H,1-2H3;1-2H3/b12-11+;;4-3-;. The summed E-state index contributed by atoms with van der Waals surface area (Å²) in [6.45, 7) is 27.4. The van der Waals surface area contributed by atoms with Crippen molar-refractivity contribution in [1.29, 1.82) is 0 Å². The van der Waals surface area contributed by atoms with E-state index in [2.05, 4.69) is 100 Å². The van der Waals surface area contributed by atoms with Crippen LogP contribution < -0.4 is 5.32 Å². The minimum absolute atomic E-state index is 0.250. The van der Waals surface area contributed by atoms with E-state index in [-0.39, 0.29) is 6.04 Å². The van der Waals surface area contributed by atoms with Crippen LogP contribution in [0.5, 0.6) is 0 Å². The van der Waals surface area contributed by atoms with Gasteiger partial charge in [-0.05, 0) is 58.7 Å². The first-order valence-corrected chi connectivity index (χ1v) is 11.4. The Labute approximate surface area is 199 Å². The van der Waals surface area contributed by atoms with E-state index in [0.717, 1.165) is 11.3 Å². The summed E-state index contributed by atoms with van der Waals surface area (Å²) in [4.78, 5) is 0. The van der Waals surface area contributed by atoms with Crippen LogP contribution in [0.3, 0.4) is 0 Å². The predicted molar refractivity (Wildman–Crippen MR) is 149 cm³/mol. The molecular formula is C31H45N. The van der Waals surface area contributed by atoms with Gasteiger partial charge in [0.15, 0.2) is 0 Å². The maximum atomic E-state index is 4.08. The Hall–Kier alpha value is -3.06. The molecule has 0 aliphatic rings. The van der Waals surface area contributed by atoms with Crippen molar-refractivity contribution in [2.75, 3.05) is 0 Å². The molecule has 0 saturated carbocycles. The second kappa shape index (κ2) is 19.9. The molecule has 1 atom stereocenters. The van der Waals surface area contributed by atoms with Crippen LogP contribution in [-0.4, -0.2) is 0 Å². The van der Waals surface area contributed by atoms with Gasteiger partial charge in [0.05, 0.1) is 0 Å². The molecule has 2 aromatic carbocycles. The second-order valence-electron chi connectivity index (χ2n) is 7.27. The zero-order valence-corrected chi connectivity index (χ0v) is 21.7. The highest BCUT2D eigenvalue weighted by Gasteiger charge is 2.04. The molecule has 0 spiro atoms. The van der Waals surface area contributed by atoms with Gasteiger partial charge in [0.1, 0.15) is 0 Å². The van der Waals surface area contributed by atoms with Crippen LogP contribution in [0.2, 0.25) is 0 Å². The number of hydrogen-bond acceptors (Lipinski definition) is 1. The molecule has 2 rings (SSSR count). The van der Waals surface area contributed by atoms with Crippen molar-refractivity contribution in [3.8, 4) is 0 Å². The van der Waals surface area contributed by atoms with Gasteiger partial charge in [-0.1, -0.05) is 123 Å². The minimum Gasteiger partial charge on any atom is -0.379 e. The van der Waals surface area contributed by atoms with E-state index in [0.29, 0.717) is 0 Å². The summed E-state index contributed by atoms with van der Waals surface area (Å²) < 4.78 is 0. The second-order valence-corrected chi connectivity index (χ2v) is 7.27. The van der Waals surface area contributed by atoms with Gasteiger partial charge < -0.3 is 5.32 Å². The highest BCUT2D eigenvalue weighted by atomic mass is 14.9. The summed E-state index contributed by atoms with van der Waals surface area (Å²) in [5.74, 6) is 0. The van der Waals surface area contributed by atoms with Crippen molar-refractivity contribution in [1.82, 2.24) is 5.32 Å². The van der Waals surface area contributed by atoms with E-state index in [1.54, 1.807) is 6.08 Å². The first kappa shape index (κ1) is 31.1. The normalized spacial score (nSPS) is 10.5. The Bertz CT molecular complexity index is 848. The van der Waals surface area contributed by atoms with Crippen molar-refractivity contribution in [3.63, 3.8) is 0 Å². The van der Waals surface area contributed by atoms with Gasteiger partial charge in [-0.3, -0.25) is 0 Å². The van der Waals surface area contributed by atoms with E-state index in [9.17, 15) is 0 Å². The quantitative estimate of drug-likeness (QED) is 0.354. The molecule has 0 saturated heterocycles. The van der Waals surface area contributed by atoms with E-state index in [1.807, 2.05) is 52.8 Å². The number of nitrogens with one attached hydrogen (secondary N) is 1. The van der Waals surface area contributed by atoms with E-state index >= 15 is 0 Å². The van der Waals surface area contributed by atoms with Crippen LogP contribution in [0, 0.1) is 13.8 Å². The lowest BCUT2D eigenvalue weighted by molar-refractivity contribution is 0.667. The number of hydrogen-bond donors (Lipinski definition) is 1. The Kier molecular flexibility index (Phi) is 19.3. The average Bonchev–Trinajstić information content (AvgIpc) is 2.79. The highest BCUT2D eigenvalue weighted by Crippen LogP contribution is 2.15. The molecule has 0 aromatic heterocycles. The minimum atomic E-state index is 0.250. The zero-order chi connectivity index (χ0) is 24.9. The molecule has 1 nitrogen and oxygen atoms in total. The number of allylic oxidation sites excluding steroid dienone is 5. The van der Waals surface area contributed by atoms with Gasteiger partial charge in [-0.2, -0.15) is 0 Å². The predicted octanol–water partition coefficient (Wildman–Crippen LogP) is 9.54. The molecule has 1 heteroatoms. The van der Waals surface area contributed by atoms with Gasteiger partial charge in [-0.25, -0.2) is 0 Å². The van der Waals surface area contributed by atoms with Crippen molar-refractivity contribution in [3.05, 3.63) is 126 Å². The molecule has 1 unspecified atom stereocenters. The molecule has 1 N–H and O–H groups in total. The Morgan fingerprint density at radius 1 is 0.906 bits per heavy atom. The third-order valence-electron chi connectivity index (χ3n) is 4.14. The van der Waals surface area contributed by atoms with Crippen molar-refractivity contribution in [2.45, 2.75) is 61.4 Å². The van der Waals surface area contributed by atoms with Gasteiger partial charge in [0.2, 0.25) is 0 Å². The molecule has 0 radical (unpaired) electrons. The Morgan fingerprint density at radius 3 is 1.84 bits per heavy atom. The monoisotopic (exact) mass is 431 g/mol. The number of rotatable bonds is 6. The molecular weight excluding hydrogens is 386 g/mol. The smallest absolute Gasteiger partial charge is 0.0485 e. The Morgan fingerprint density at radius 2 is 1.41 bits per heavy atom. The summed E-state index contributed by atoms with van der Waals surface area (Å²) in [7, 11) is 0. The van der Waals surface area contributed by atoms with E-state index in [1.165, 1.54) is 22.3 Å². The van der Waals surface area contributed by atoms with Gasteiger partial charge in [-0.15, -0.1) is 0 Å². The number of aryl methyl sites for hydroxylation is 2. The average molecular weight is 432 g/mol. The largest absolute Gasteiger partial charge is 0.379 e. The van der Waals surface area contributed by atoms with Crippen molar-refractivity contribution < 1.29 is 0 Å². The third kappa shape index (κ3) is 16.7. The first-order valence-electron chi connectivity index (χ1n) is 11.4. The molecule has 0 aliphatic carbocycles. The van der Waals surface area contributed by atoms with Crippen molar-refractivity contribution in [2.24, 2.45) is 0 Å². The molecule has 32 heavy (non-hydrogen) atoms. The van der Waals surface area contributed by atoms with E-state index < -0.39 is 0 Å². The fraction of sp³-hybridized carbons (Fsp3) is 0.290. The Balaban J connectivity index is 0. The number of benzene rings is 2. The van der Waals surface area contributed by atoms with Crippen molar-refractivity contribution >= 4 is 6.08 Å². The lowest BCUT2D eigenvalue weighted by Gasteiger charge is -2.16. The lowest BCUT2D eigenvalue weighted by Crippen LogP contribution is -2.16. The first-order chi connectivity index (χ1) is 15.2. The summed E-state index contributed by atoms with van der Waals surface area (Å²) >= 11 is 0. The molecule has 174 valence electrons. The topological polar surface area (TPSA) is 12.0 Å². The molecule has 0 aliphatic heterocycles. The van der Waals surface area contributed by atoms with Gasteiger partial charge in [0.25, 0.3) is 0 Å². The molecule has 0 heterocycles. The fourth-order valence-electron chi connectivity index (χ4n) is 2.32. The molecule has 0 amide bonds. The third-order valence-corrected chi connectivity index (χ3v) is 4.14. The van der Waals surface area contributed by atoms with Crippen LogP contribution in [0.25, 0.3) is 6.08 Å². The molecule has 0 bridgehead atoms. The maximum Gasteiger partial charge on any atom is 0.0485 e. The molecule has 2 aromatic rings. The molecule has 0 fully saturated rings.